The van der Waals surface area contributed by atoms with Crippen molar-refractivity contribution in [3.63, 3.8) is 0 Å². The lowest BCUT2D eigenvalue weighted by atomic mass is 10.1. The Morgan fingerprint density at radius 3 is 2.08 bits per heavy atom. The summed E-state index contributed by atoms with van der Waals surface area (Å²) in [6, 6.07) is 23.7. The van der Waals surface area contributed by atoms with Crippen LogP contribution in [0.5, 0.6) is 0 Å². The zero-order valence-corrected chi connectivity index (χ0v) is 13.8. The fraction of sp³-hybridized carbons (Fsp3) is 0.0952. The third-order valence-electron chi connectivity index (χ3n) is 3.88. The lowest BCUT2D eigenvalue weighted by molar-refractivity contribution is 0.262. The van der Waals surface area contributed by atoms with Crippen molar-refractivity contribution in [2.75, 3.05) is 10.6 Å². The summed E-state index contributed by atoms with van der Waals surface area (Å²) in [6.07, 6.45) is 0. The molecule has 0 radical (unpaired) electrons. The topological polar surface area (TPSA) is 41.1 Å². The Bertz CT molecular complexity index is 839. The smallest absolute Gasteiger partial charge is 0.308 e. The molecule has 0 atom stereocenters. The number of carbonyl (C=O) groups excluding carboxylic acids is 1. The average Bonchev–Trinajstić information content (AvgIpc) is 2.59. The van der Waals surface area contributed by atoms with Crippen molar-refractivity contribution in [3.8, 4) is 11.1 Å². The van der Waals surface area contributed by atoms with Gasteiger partial charge in [0.15, 0.2) is 0 Å². The van der Waals surface area contributed by atoms with E-state index in [1.807, 2.05) is 74.5 Å². The highest BCUT2D eigenvalue weighted by Gasteiger charge is 2.05. The van der Waals surface area contributed by atoms with Crippen LogP contribution in [0.3, 0.4) is 0 Å². The van der Waals surface area contributed by atoms with E-state index in [2.05, 4.69) is 22.8 Å². The van der Waals surface area contributed by atoms with Gasteiger partial charge >= 0.3 is 6.03 Å². The van der Waals surface area contributed by atoms with Crippen LogP contribution in [0.4, 0.5) is 16.2 Å². The van der Waals surface area contributed by atoms with Crippen LogP contribution < -0.4 is 10.6 Å². The zero-order valence-electron chi connectivity index (χ0n) is 13.8. The fourth-order valence-corrected chi connectivity index (χ4v) is 2.62. The predicted octanol–water partition coefficient (Wildman–Crippen LogP) is 5.61. The first-order valence-electron chi connectivity index (χ1n) is 7.92. The van der Waals surface area contributed by atoms with E-state index in [-0.39, 0.29) is 6.03 Å². The maximum Gasteiger partial charge on any atom is 0.323 e. The third-order valence-corrected chi connectivity index (χ3v) is 3.88. The van der Waals surface area contributed by atoms with Gasteiger partial charge in [0, 0.05) is 11.4 Å². The van der Waals surface area contributed by atoms with Gasteiger partial charge in [0.1, 0.15) is 0 Å². The molecular weight excluding hydrogens is 296 g/mol. The summed E-state index contributed by atoms with van der Waals surface area (Å²) in [4.78, 5) is 12.2. The van der Waals surface area contributed by atoms with Crippen molar-refractivity contribution in [1.82, 2.24) is 0 Å². The number of amides is 2. The largest absolute Gasteiger partial charge is 0.323 e. The Morgan fingerprint density at radius 2 is 1.42 bits per heavy atom. The van der Waals surface area contributed by atoms with E-state index in [1.54, 1.807) is 0 Å². The normalized spacial score (nSPS) is 10.2. The second-order valence-corrected chi connectivity index (χ2v) is 5.84. The van der Waals surface area contributed by atoms with Crippen LogP contribution in [0.25, 0.3) is 11.1 Å². The zero-order chi connectivity index (χ0) is 16.9. The van der Waals surface area contributed by atoms with E-state index in [1.165, 1.54) is 5.56 Å². The van der Waals surface area contributed by atoms with E-state index in [4.69, 9.17) is 0 Å². The lowest BCUT2D eigenvalue weighted by Gasteiger charge is -2.11. The van der Waals surface area contributed by atoms with Crippen LogP contribution >= 0.6 is 0 Å². The number of carbonyl (C=O) groups is 1. The van der Waals surface area contributed by atoms with Crippen molar-refractivity contribution in [2.45, 2.75) is 13.8 Å². The molecule has 0 saturated heterocycles. The van der Waals surface area contributed by atoms with Gasteiger partial charge in [-0.25, -0.2) is 4.79 Å². The monoisotopic (exact) mass is 316 g/mol. The lowest BCUT2D eigenvalue weighted by Crippen LogP contribution is -2.19. The number of rotatable bonds is 3. The van der Waals surface area contributed by atoms with Gasteiger partial charge in [-0.2, -0.15) is 0 Å². The van der Waals surface area contributed by atoms with E-state index >= 15 is 0 Å². The molecule has 3 aromatic carbocycles. The molecule has 0 aliphatic carbocycles. The molecule has 0 spiro atoms. The molecule has 3 rings (SSSR count). The Kier molecular flexibility index (Phi) is 4.62. The molecule has 0 bridgehead atoms. The summed E-state index contributed by atoms with van der Waals surface area (Å²) >= 11 is 0. The summed E-state index contributed by atoms with van der Waals surface area (Å²) in [6.45, 7) is 4.02. The molecule has 0 saturated carbocycles. The molecule has 120 valence electrons. The molecule has 0 aliphatic rings. The Morgan fingerprint density at radius 1 is 0.750 bits per heavy atom. The number of nitrogens with one attached hydrogen (secondary N) is 2. The van der Waals surface area contributed by atoms with Gasteiger partial charge in [0.2, 0.25) is 0 Å². The molecule has 2 amide bonds. The van der Waals surface area contributed by atoms with E-state index < -0.39 is 0 Å². The fourth-order valence-electron chi connectivity index (χ4n) is 2.62. The minimum absolute atomic E-state index is 0.241. The Hall–Kier alpha value is -3.07. The summed E-state index contributed by atoms with van der Waals surface area (Å²) in [5.74, 6) is 0. The van der Waals surface area contributed by atoms with Crippen molar-refractivity contribution in [3.05, 3.63) is 83.9 Å². The molecular formula is C21H20N2O. The van der Waals surface area contributed by atoms with Gasteiger partial charge in [-0.3, -0.25) is 0 Å². The van der Waals surface area contributed by atoms with Crippen molar-refractivity contribution in [2.24, 2.45) is 0 Å². The van der Waals surface area contributed by atoms with Gasteiger partial charge in [-0.1, -0.05) is 60.2 Å². The highest BCUT2D eigenvalue weighted by molar-refractivity contribution is 6.00. The number of aryl methyl sites for hydroxylation is 2. The second kappa shape index (κ2) is 7.01. The van der Waals surface area contributed by atoms with E-state index in [0.717, 1.165) is 28.1 Å². The maximum atomic E-state index is 12.2. The number of hydrogen-bond acceptors (Lipinski definition) is 1. The van der Waals surface area contributed by atoms with Crippen molar-refractivity contribution in [1.29, 1.82) is 0 Å². The van der Waals surface area contributed by atoms with Crippen LogP contribution in [0, 0.1) is 13.8 Å². The van der Waals surface area contributed by atoms with Crippen LogP contribution in [-0.4, -0.2) is 6.03 Å². The molecule has 0 unspecified atom stereocenters. The quantitative estimate of drug-likeness (QED) is 0.647. The molecule has 3 nitrogen and oxygen atoms in total. The van der Waals surface area contributed by atoms with Gasteiger partial charge in [0.05, 0.1) is 0 Å². The molecule has 0 aliphatic heterocycles. The SMILES string of the molecule is Cc1ccc(NC(=O)Nc2ccc(-c3ccccc3)cc2)c(C)c1. The van der Waals surface area contributed by atoms with Crippen LogP contribution in [-0.2, 0) is 0 Å². The summed E-state index contributed by atoms with van der Waals surface area (Å²) in [5, 5.41) is 5.74. The van der Waals surface area contributed by atoms with Crippen LogP contribution in [0.1, 0.15) is 11.1 Å². The van der Waals surface area contributed by atoms with Gasteiger partial charge in [-0.05, 0) is 48.7 Å². The van der Waals surface area contributed by atoms with E-state index in [9.17, 15) is 4.79 Å². The molecule has 24 heavy (non-hydrogen) atoms. The van der Waals surface area contributed by atoms with Gasteiger partial charge in [-0.15, -0.1) is 0 Å². The second-order valence-electron chi connectivity index (χ2n) is 5.84. The van der Waals surface area contributed by atoms with E-state index in [0.29, 0.717) is 0 Å². The van der Waals surface area contributed by atoms with Crippen LogP contribution in [0.15, 0.2) is 72.8 Å². The van der Waals surface area contributed by atoms with Crippen LogP contribution in [0.2, 0.25) is 0 Å². The molecule has 0 fully saturated rings. The first-order chi connectivity index (χ1) is 11.6. The number of urea groups is 1. The minimum atomic E-state index is -0.241. The predicted molar refractivity (Wildman–Crippen MR) is 100 cm³/mol. The first-order valence-corrected chi connectivity index (χ1v) is 7.92. The summed E-state index contributed by atoms with van der Waals surface area (Å²) in [5.41, 5.74) is 6.08. The number of hydrogen-bond donors (Lipinski definition) is 2. The highest BCUT2D eigenvalue weighted by atomic mass is 16.2. The van der Waals surface area contributed by atoms with Gasteiger partial charge in [0.25, 0.3) is 0 Å². The molecule has 0 aromatic heterocycles. The van der Waals surface area contributed by atoms with Gasteiger partial charge < -0.3 is 10.6 Å². The summed E-state index contributed by atoms with van der Waals surface area (Å²) in [7, 11) is 0. The Labute approximate surface area is 142 Å². The highest BCUT2D eigenvalue weighted by Crippen LogP contribution is 2.21. The maximum absolute atomic E-state index is 12.2. The van der Waals surface area contributed by atoms with Crippen molar-refractivity contribution < 1.29 is 4.79 Å². The third kappa shape index (κ3) is 3.82. The summed E-state index contributed by atoms with van der Waals surface area (Å²) < 4.78 is 0. The first kappa shape index (κ1) is 15.8. The molecule has 3 heteroatoms. The number of benzene rings is 3. The Balaban J connectivity index is 1.66. The average molecular weight is 316 g/mol. The molecule has 0 heterocycles. The minimum Gasteiger partial charge on any atom is -0.308 e. The van der Waals surface area contributed by atoms with Crippen molar-refractivity contribution >= 4 is 17.4 Å². The number of anilines is 2. The standard InChI is InChI=1S/C21H20N2O/c1-15-8-13-20(16(2)14-15)23-21(24)22-19-11-9-18(10-12-19)17-6-4-3-5-7-17/h3-14H,1-2H3,(H2,22,23,24). The molecule has 3 aromatic rings. The molecule has 2 N–H and O–H groups in total.